The SMILES string of the molecule is O=C(C[C@H]1Oc2ccccc2NC1=O)NC[C@H](c1ccco1)N1CCCC1. The van der Waals surface area contributed by atoms with Crippen molar-refractivity contribution >= 4 is 17.5 Å². The summed E-state index contributed by atoms with van der Waals surface area (Å²) >= 11 is 0. The number of amides is 2. The number of hydrogen-bond donors (Lipinski definition) is 2. The highest BCUT2D eigenvalue weighted by molar-refractivity contribution is 5.99. The Morgan fingerprint density at radius 3 is 2.81 bits per heavy atom. The van der Waals surface area contributed by atoms with E-state index in [1.54, 1.807) is 18.4 Å². The van der Waals surface area contributed by atoms with Crippen LogP contribution in [0.2, 0.25) is 0 Å². The van der Waals surface area contributed by atoms with Gasteiger partial charge in [0.1, 0.15) is 11.5 Å². The minimum Gasteiger partial charge on any atom is -0.478 e. The second-order valence-electron chi connectivity index (χ2n) is 6.87. The van der Waals surface area contributed by atoms with Crippen LogP contribution in [0.5, 0.6) is 5.75 Å². The quantitative estimate of drug-likeness (QED) is 0.816. The lowest BCUT2D eigenvalue weighted by Crippen LogP contribution is -2.42. The monoisotopic (exact) mass is 369 g/mol. The number of carbonyl (C=O) groups is 2. The molecule has 2 aliphatic rings. The lowest BCUT2D eigenvalue weighted by molar-refractivity contribution is -0.130. The third kappa shape index (κ3) is 3.98. The van der Waals surface area contributed by atoms with Crippen molar-refractivity contribution in [3.8, 4) is 5.75 Å². The van der Waals surface area contributed by atoms with Gasteiger partial charge in [-0.05, 0) is 50.2 Å². The average Bonchev–Trinajstić information content (AvgIpc) is 3.37. The molecule has 1 aromatic heterocycles. The van der Waals surface area contributed by atoms with E-state index in [4.69, 9.17) is 9.15 Å². The standard InChI is InChI=1S/C20H23N3O4/c24-19(12-18-20(25)22-14-6-1-2-7-16(14)27-18)21-13-15(17-8-5-11-26-17)23-9-3-4-10-23/h1-2,5-8,11,15,18H,3-4,9-10,12-13H2,(H,21,24)(H,22,25)/t15-,18-/m1/s1. The molecule has 2 amide bonds. The molecule has 4 rings (SSSR count). The number of benzene rings is 1. The van der Waals surface area contributed by atoms with E-state index in [0.29, 0.717) is 18.0 Å². The van der Waals surface area contributed by atoms with Crippen LogP contribution >= 0.6 is 0 Å². The molecule has 1 fully saturated rings. The Kier molecular flexibility index (Phi) is 5.11. The average molecular weight is 369 g/mol. The molecule has 0 unspecified atom stereocenters. The lowest BCUT2D eigenvalue weighted by Gasteiger charge is -2.27. The Labute approximate surface area is 157 Å². The Balaban J connectivity index is 1.35. The van der Waals surface area contributed by atoms with E-state index in [0.717, 1.165) is 31.7 Å². The lowest BCUT2D eigenvalue weighted by atomic mass is 10.1. The molecule has 2 N–H and O–H groups in total. The summed E-state index contributed by atoms with van der Waals surface area (Å²) in [4.78, 5) is 26.9. The Hall–Kier alpha value is -2.80. The zero-order valence-electron chi connectivity index (χ0n) is 15.0. The number of fused-ring (bicyclic) bond motifs is 1. The van der Waals surface area contributed by atoms with Gasteiger partial charge >= 0.3 is 0 Å². The predicted octanol–water partition coefficient (Wildman–Crippen LogP) is 2.32. The molecule has 1 aromatic carbocycles. The first kappa shape index (κ1) is 17.6. The predicted molar refractivity (Wildman–Crippen MR) is 99.4 cm³/mol. The summed E-state index contributed by atoms with van der Waals surface area (Å²) in [5, 5.41) is 5.72. The van der Waals surface area contributed by atoms with Crippen molar-refractivity contribution in [2.75, 3.05) is 25.0 Å². The molecule has 0 radical (unpaired) electrons. The Morgan fingerprint density at radius 1 is 1.22 bits per heavy atom. The van der Waals surface area contributed by atoms with Crippen molar-refractivity contribution in [3.63, 3.8) is 0 Å². The van der Waals surface area contributed by atoms with Gasteiger partial charge in [-0.1, -0.05) is 12.1 Å². The van der Waals surface area contributed by atoms with Crippen LogP contribution in [0.25, 0.3) is 0 Å². The maximum Gasteiger partial charge on any atom is 0.266 e. The molecular weight excluding hydrogens is 346 g/mol. The number of nitrogens with one attached hydrogen (secondary N) is 2. The van der Waals surface area contributed by atoms with Gasteiger partial charge in [0.15, 0.2) is 6.10 Å². The second kappa shape index (κ2) is 7.84. The number of likely N-dealkylation sites (tertiary alicyclic amines) is 1. The van der Waals surface area contributed by atoms with E-state index >= 15 is 0 Å². The zero-order chi connectivity index (χ0) is 18.6. The van der Waals surface area contributed by atoms with E-state index in [-0.39, 0.29) is 24.3 Å². The highest BCUT2D eigenvalue weighted by Gasteiger charge is 2.31. The molecule has 0 aliphatic carbocycles. The normalized spacial score (nSPS) is 20.4. The molecular formula is C20H23N3O4. The van der Waals surface area contributed by atoms with E-state index in [9.17, 15) is 9.59 Å². The summed E-state index contributed by atoms with van der Waals surface area (Å²) in [6, 6.07) is 11.0. The molecule has 0 bridgehead atoms. The first-order valence-corrected chi connectivity index (χ1v) is 9.31. The van der Waals surface area contributed by atoms with Crippen LogP contribution in [0, 0.1) is 0 Å². The van der Waals surface area contributed by atoms with E-state index in [1.807, 2.05) is 24.3 Å². The number of hydrogen-bond acceptors (Lipinski definition) is 5. The molecule has 7 nitrogen and oxygen atoms in total. The third-order valence-electron chi connectivity index (χ3n) is 5.02. The van der Waals surface area contributed by atoms with Gasteiger partial charge < -0.3 is 19.8 Å². The summed E-state index contributed by atoms with van der Waals surface area (Å²) in [5.74, 6) is 0.912. The van der Waals surface area contributed by atoms with Crippen molar-refractivity contribution in [1.82, 2.24) is 10.2 Å². The Bertz CT molecular complexity index is 799. The molecule has 1 saturated heterocycles. The molecule has 142 valence electrons. The van der Waals surface area contributed by atoms with Crippen LogP contribution < -0.4 is 15.4 Å². The highest BCUT2D eigenvalue weighted by atomic mass is 16.5. The minimum atomic E-state index is -0.825. The molecule has 7 heteroatoms. The first-order chi connectivity index (χ1) is 13.2. The highest BCUT2D eigenvalue weighted by Crippen LogP contribution is 2.29. The van der Waals surface area contributed by atoms with E-state index < -0.39 is 6.10 Å². The van der Waals surface area contributed by atoms with E-state index in [2.05, 4.69) is 15.5 Å². The summed E-state index contributed by atoms with van der Waals surface area (Å²) in [6.07, 6.45) is 3.11. The number of carbonyl (C=O) groups excluding carboxylic acids is 2. The number of para-hydroxylation sites is 2. The summed E-state index contributed by atoms with van der Waals surface area (Å²) in [5.41, 5.74) is 0.631. The van der Waals surface area contributed by atoms with Crippen LogP contribution in [0.4, 0.5) is 5.69 Å². The zero-order valence-corrected chi connectivity index (χ0v) is 15.0. The van der Waals surface area contributed by atoms with Gasteiger partial charge in [0, 0.05) is 6.54 Å². The van der Waals surface area contributed by atoms with Gasteiger partial charge in [-0.25, -0.2) is 0 Å². The van der Waals surface area contributed by atoms with Gasteiger partial charge in [-0.15, -0.1) is 0 Å². The first-order valence-electron chi connectivity index (χ1n) is 9.31. The smallest absolute Gasteiger partial charge is 0.266 e. The molecule has 0 spiro atoms. The fraction of sp³-hybridized carbons (Fsp3) is 0.400. The van der Waals surface area contributed by atoms with Crippen molar-refractivity contribution in [1.29, 1.82) is 0 Å². The molecule has 27 heavy (non-hydrogen) atoms. The number of nitrogens with zero attached hydrogens (tertiary/aromatic N) is 1. The summed E-state index contributed by atoms with van der Waals surface area (Å²) < 4.78 is 11.3. The topological polar surface area (TPSA) is 83.8 Å². The molecule has 2 aromatic rings. The van der Waals surface area contributed by atoms with E-state index in [1.165, 1.54) is 0 Å². The van der Waals surface area contributed by atoms with Crippen molar-refractivity contribution < 1.29 is 18.7 Å². The van der Waals surface area contributed by atoms with Crippen LogP contribution in [-0.2, 0) is 9.59 Å². The van der Waals surface area contributed by atoms with Gasteiger partial charge in [0.05, 0.1) is 24.4 Å². The maximum absolute atomic E-state index is 12.4. The van der Waals surface area contributed by atoms with Crippen molar-refractivity contribution in [2.24, 2.45) is 0 Å². The molecule has 3 heterocycles. The summed E-state index contributed by atoms with van der Waals surface area (Å²) in [6.45, 7) is 2.43. The van der Waals surface area contributed by atoms with Crippen LogP contribution in [0.1, 0.15) is 31.1 Å². The summed E-state index contributed by atoms with van der Waals surface area (Å²) in [7, 11) is 0. The minimum absolute atomic E-state index is 0.00766. The van der Waals surface area contributed by atoms with Crippen LogP contribution in [0.15, 0.2) is 47.1 Å². The Morgan fingerprint density at radius 2 is 2.04 bits per heavy atom. The fourth-order valence-electron chi connectivity index (χ4n) is 3.62. The van der Waals surface area contributed by atoms with Crippen molar-refractivity contribution in [2.45, 2.75) is 31.4 Å². The van der Waals surface area contributed by atoms with Crippen molar-refractivity contribution in [3.05, 3.63) is 48.4 Å². The van der Waals surface area contributed by atoms with Crippen LogP contribution in [0.3, 0.4) is 0 Å². The number of ether oxygens (including phenoxy) is 1. The van der Waals surface area contributed by atoms with Gasteiger partial charge in [0.2, 0.25) is 5.91 Å². The third-order valence-corrected chi connectivity index (χ3v) is 5.02. The van der Waals surface area contributed by atoms with Gasteiger partial charge in [-0.3, -0.25) is 14.5 Å². The molecule has 0 saturated carbocycles. The largest absolute Gasteiger partial charge is 0.478 e. The van der Waals surface area contributed by atoms with Crippen LogP contribution in [-0.4, -0.2) is 42.5 Å². The van der Waals surface area contributed by atoms with Gasteiger partial charge in [-0.2, -0.15) is 0 Å². The number of rotatable bonds is 6. The number of furan rings is 1. The number of anilines is 1. The maximum atomic E-state index is 12.4. The molecule has 2 aliphatic heterocycles. The second-order valence-corrected chi connectivity index (χ2v) is 6.87. The fourth-order valence-corrected chi connectivity index (χ4v) is 3.62. The van der Waals surface area contributed by atoms with Gasteiger partial charge in [0.25, 0.3) is 5.91 Å². The molecule has 2 atom stereocenters.